The van der Waals surface area contributed by atoms with Gasteiger partial charge in [0, 0.05) is 11.2 Å². The lowest BCUT2D eigenvalue weighted by molar-refractivity contribution is -0.119. The number of hydrogen-bond donors (Lipinski definition) is 2. The van der Waals surface area contributed by atoms with Crippen LogP contribution in [0.15, 0.2) is 0 Å². The fourth-order valence-electron chi connectivity index (χ4n) is 2.91. The number of rotatable bonds is 3. The normalized spacial score (nSPS) is 15.7. The summed E-state index contributed by atoms with van der Waals surface area (Å²) in [5, 5.41) is 12.7. The predicted molar refractivity (Wildman–Crippen MR) is 83.4 cm³/mol. The molecule has 1 amide bonds. The van der Waals surface area contributed by atoms with Gasteiger partial charge in [-0.2, -0.15) is 0 Å². The molecule has 1 aliphatic rings. The molecule has 0 aromatic carbocycles. The van der Waals surface area contributed by atoms with Crippen LogP contribution < -0.4 is 5.32 Å². The summed E-state index contributed by atoms with van der Waals surface area (Å²) >= 11 is 0. The van der Waals surface area contributed by atoms with E-state index in [9.17, 15) is 9.90 Å². The average molecular weight is 293 g/mol. The van der Waals surface area contributed by atoms with Crippen LogP contribution in [0.4, 0.5) is 5.95 Å². The highest BCUT2D eigenvalue weighted by Gasteiger charge is 2.28. The molecule has 1 aromatic heterocycles. The topological polar surface area (TPSA) is 67.2 Å². The Morgan fingerprint density at radius 1 is 1.24 bits per heavy atom. The van der Waals surface area contributed by atoms with Crippen LogP contribution in [-0.4, -0.2) is 26.2 Å². The lowest BCUT2D eigenvalue weighted by Gasteiger charge is -2.27. The van der Waals surface area contributed by atoms with E-state index in [1.54, 1.807) is 13.8 Å². The second kappa shape index (κ2) is 5.44. The zero-order valence-corrected chi connectivity index (χ0v) is 13.8. The number of aryl methyl sites for hydroxylation is 1. The molecule has 1 heterocycles. The highest BCUT2D eigenvalue weighted by Crippen LogP contribution is 2.30. The molecular weight excluding hydrogens is 266 g/mol. The van der Waals surface area contributed by atoms with E-state index < -0.39 is 5.60 Å². The quantitative estimate of drug-likeness (QED) is 0.900. The van der Waals surface area contributed by atoms with Crippen molar-refractivity contribution in [2.45, 2.75) is 77.9 Å². The highest BCUT2D eigenvalue weighted by atomic mass is 16.3. The molecule has 1 aromatic rings. The summed E-state index contributed by atoms with van der Waals surface area (Å²) in [5.74, 6) is 0.416. The largest absolute Gasteiger partial charge is 0.390 e. The molecule has 0 bridgehead atoms. The Labute approximate surface area is 126 Å². The van der Waals surface area contributed by atoms with E-state index in [-0.39, 0.29) is 17.9 Å². The lowest BCUT2D eigenvalue weighted by atomic mass is 9.99. The predicted octanol–water partition coefficient (Wildman–Crippen LogP) is 2.62. The zero-order chi connectivity index (χ0) is 15.8. The number of anilines is 1. The minimum Gasteiger partial charge on any atom is -0.390 e. The maximum absolute atomic E-state index is 12.1. The Balaban J connectivity index is 2.31. The number of nitrogens with one attached hydrogen (secondary N) is 1. The van der Waals surface area contributed by atoms with Crippen LogP contribution in [0.3, 0.4) is 0 Å². The van der Waals surface area contributed by atoms with E-state index in [0.717, 1.165) is 25.0 Å². The van der Waals surface area contributed by atoms with Crippen molar-refractivity contribution in [2.75, 3.05) is 5.32 Å². The van der Waals surface area contributed by atoms with E-state index in [4.69, 9.17) is 0 Å². The summed E-state index contributed by atoms with van der Waals surface area (Å²) in [7, 11) is 0. The second-order valence-corrected chi connectivity index (χ2v) is 7.58. The number of aliphatic hydroxyl groups is 1. The van der Waals surface area contributed by atoms with Gasteiger partial charge in [0.1, 0.15) is 0 Å². The monoisotopic (exact) mass is 293 g/mol. The number of carbonyl (C=O) groups is 1. The van der Waals surface area contributed by atoms with Gasteiger partial charge < -0.3 is 9.67 Å². The molecule has 0 aliphatic heterocycles. The molecule has 118 valence electrons. The van der Waals surface area contributed by atoms with Crippen molar-refractivity contribution in [3.05, 3.63) is 11.4 Å². The summed E-state index contributed by atoms with van der Waals surface area (Å²) in [5.41, 5.74) is 1.21. The average Bonchev–Trinajstić information content (AvgIpc) is 2.62. The fraction of sp³-hybridized carbons (Fsp3) is 0.750. The van der Waals surface area contributed by atoms with E-state index >= 15 is 0 Å². The molecule has 0 unspecified atom stereocenters. The molecule has 0 atom stereocenters. The molecule has 0 saturated carbocycles. The van der Waals surface area contributed by atoms with Gasteiger partial charge in [-0.1, -0.05) is 0 Å². The van der Waals surface area contributed by atoms with Crippen molar-refractivity contribution in [3.8, 4) is 0 Å². The van der Waals surface area contributed by atoms with Gasteiger partial charge in [0.25, 0.3) is 0 Å². The van der Waals surface area contributed by atoms with Crippen molar-refractivity contribution in [3.63, 3.8) is 0 Å². The summed E-state index contributed by atoms with van der Waals surface area (Å²) in [6.45, 7) is 9.63. The summed E-state index contributed by atoms with van der Waals surface area (Å²) in [6, 6.07) is 0. The molecule has 2 N–H and O–H groups in total. The summed E-state index contributed by atoms with van der Waals surface area (Å²) in [4.78, 5) is 16.7. The second-order valence-electron chi connectivity index (χ2n) is 7.58. The summed E-state index contributed by atoms with van der Waals surface area (Å²) < 4.78 is 2.14. The number of aromatic nitrogens is 2. The number of fused-ring (bicyclic) bond motifs is 1. The molecular formula is C16H27N3O2. The van der Waals surface area contributed by atoms with E-state index in [1.165, 1.54) is 12.1 Å². The number of hydrogen-bond acceptors (Lipinski definition) is 3. The first-order valence-electron chi connectivity index (χ1n) is 7.71. The molecule has 5 heteroatoms. The van der Waals surface area contributed by atoms with Crippen molar-refractivity contribution >= 4 is 11.9 Å². The number of nitrogens with zero attached hydrogens (tertiary/aromatic N) is 2. The van der Waals surface area contributed by atoms with Crippen LogP contribution in [0.1, 0.15) is 65.3 Å². The van der Waals surface area contributed by atoms with Crippen molar-refractivity contribution in [1.29, 1.82) is 0 Å². The lowest BCUT2D eigenvalue weighted by Crippen LogP contribution is -2.31. The molecule has 5 nitrogen and oxygen atoms in total. The number of amides is 1. The number of imidazole rings is 1. The van der Waals surface area contributed by atoms with E-state index in [0.29, 0.717) is 5.95 Å². The minimum atomic E-state index is -1.01. The van der Waals surface area contributed by atoms with Gasteiger partial charge in [-0.05, 0) is 60.3 Å². The summed E-state index contributed by atoms with van der Waals surface area (Å²) in [6.07, 6.45) is 4.39. The van der Waals surface area contributed by atoms with Gasteiger partial charge in [0.05, 0.1) is 17.7 Å². The maximum Gasteiger partial charge on any atom is 0.229 e. The Hall–Kier alpha value is -1.36. The van der Waals surface area contributed by atoms with Crippen LogP contribution >= 0.6 is 0 Å². The Morgan fingerprint density at radius 3 is 2.43 bits per heavy atom. The molecule has 21 heavy (non-hydrogen) atoms. The van der Waals surface area contributed by atoms with Crippen LogP contribution in [-0.2, 0) is 23.2 Å². The van der Waals surface area contributed by atoms with Crippen molar-refractivity contribution in [1.82, 2.24) is 9.55 Å². The molecule has 0 radical (unpaired) electrons. The first kappa shape index (κ1) is 16.0. The maximum atomic E-state index is 12.1. The van der Waals surface area contributed by atoms with Gasteiger partial charge in [-0.25, -0.2) is 4.98 Å². The molecule has 0 spiro atoms. The first-order chi connectivity index (χ1) is 9.58. The SMILES string of the molecule is CC(C)(O)CC(=O)Nc1nc2c(n1C(C)(C)C)CCCC2. The molecule has 0 saturated heterocycles. The smallest absolute Gasteiger partial charge is 0.229 e. The fourth-order valence-corrected chi connectivity index (χ4v) is 2.91. The molecule has 0 fully saturated rings. The van der Waals surface area contributed by atoms with E-state index in [2.05, 4.69) is 35.6 Å². The van der Waals surface area contributed by atoms with Crippen molar-refractivity contribution < 1.29 is 9.90 Å². The third-order valence-electron chi connectivity index (χ3n) is 3.65. The van der Waals surface area contributed by atoms with Gasteiger partial charge in [0.15, 0.2) is 0 Å². The molecule has 1 aliphatic carbocycles. The van der Waals surface area contributed by atoms with Crippen molar-refractivity contribution in [2.24, 2.45) is 0 Å². The Bertz CT molecular complexity index is 533. The Kier molecular flexibility index (Phi) is 4.15. The Morgan fingerprint density at radius 2 is 1.86 bits per heavy atom. The van der Waals surface area contributed by atoms with Gasteiger partial charge in [0.2, 0.25) is 11.9 Å². The third-order valence-corrected chi connectivity index (χ3v) is 3.65. The standard InChI is InChI=1S/C16H27N3O2/c1-15(2,3)19-12-9-7-6-8-11(12)17-14(19)18-13(20)10-16(4,5)21/h21H,6-10H2,1-5H3,(H,17,18,20). The van der Waals surface area contributed by atoms with Crippen LogP contribution in [0.25, 0.3) is 0 Å². The minimum absolute atomic E-state index is 0.0642. The zero-order valence-electron chi connectivity index (χ0n) is 13.8. The van der Waals surface area contributed by atoms with Gasteiger partial charge >= 0.3 is 0 Å². The van der Waals surface area contributed by atoms with E-state index in [1.807, 2.05) is 0 Å². The number of carbonyl (C=O) groups excluding carboxylic acids is 1. The van der Waals surface area contributed by atoms with Crippen LogP contribution in [0.5, 0.6) is 0 Å². The van der Waals surface area contributed by atoms with Gasteiger partial charge in [-0.15, -0.1) is 0 Å². The van der Waals surface area contributed by atoms with Gasteiger partial charge in [-0.3, -0.25) is 10.1 Å². The highest BCUT2D eigenvalue weighted by molar-refractivity contribution is 5.89. The molecule has 2 rings (SSSR count). The van der Waals surface area contributed by atoms with Crippen LogP contribution in [0.2, 0.25) is 0 Å². The van der Waals surface area contributed by atoms with Crippen LogP contribution in [0, 0.1) is 0 Å². The third kappa shape index (κ3) is 3.84. The first-order valence-corrected chi connectivity index (χ1v) is 7.71.